The number of hydrogen-bond acceptors (Lipinski definition) is 3. The first-order valence-corrected chi connectivity index (χ1v) is 6.77. The van der Waals surface area contributed by atoms with Crippen LogP contribution in [0, 0.1) is 0 Å². The highest BCUT2D eigenvalue weighted by atomic mass is 79.9. The van der Waals surface area contributed by atoms with Crippen LogP contribution in [0.3, 0.4) is 0 Å². The highest BCUT2D eigenvalue weighted by Crippen LogP contribution is 2.28. The molecule has 0 amide bonds. The van der Waals surface area contributed by atoms with Gasteiger partial charge in [-0.1, -0.05) is 28.9 Å². The van der Waals surface area contributed by atoms with E-state index in [4.69, 9.17) is 9.47 Å². The summed E-state index contributed by atoms with van der Waals surface area (Å²) < 4.78 is 11.9. The molecule has 1 aromatic carbocycles. The fourth-order valence-corrected chi connectivity index (χ4v) is 2.52. The summed E-state index contributed by atoms with van der Waals surface area (Å²) in [5.74, 6) is 0.901. The van der Waals surface area contributed by atoms with Crippen LogP contribution in [0.25, 0.3) is 0 Å². The summed E-state index contributed by atoms with van der Waals surface area (Å²) in [7, 11) is 0. The van der Waals surface area contributed by atoms with Crippen LogP contribution < -0.4 is 10.1 Å². The van der Waals surface area contributed by atoms with Crippen LogP contribution in [0.2, 0.25) is 0 Å². The monoisotopic (exact) mass is 299 g/mol. The molecule has 1 aliphatic rings. The van der Waals surface area contributed by atoms with E-state index in [9.17, 15) is 0 Å². The fourth-order valence-electron chi connectivity index (χ4n) is 1.82. The lowest BCUT2D eigenvalue weighted by atomic mass is 10.1. The lowest BCUT2D eigenvalue weighted by Crippen LogP contribution is -2.38. The molecule has 0 aromatic heterocycles. The summed E-state index contributed by atoms with van der Waals surface area (Å²) in [6, 6.07) is 6.50. The van der Waals surface area contributed by atoms with E-state index in [0.717, 1.165) is 16.8 Å². The molecule has 3 nitrogen and oxygen atoms in total. The second-order valence-corrected chi connectivity index (χ2v) is 5.09. The SMILES string of the molecule is CCNC(C)c1ccc(OC2COC2)cc1Br. The molecule has 1 aromatic rings. The fraction of sp³-hybridized carbons (Fsp3) is 0.538. The van der Waals surface area contributed by atoms with Crippen molar-refractivity contribution in [2.75, 3.05) is 19.8 Å². The molecular weight excluding hydrogens is 282 g/mol. The lowest BCUT2D eigenvalue weighted by Gasteiger charge is -2.27. The molecular formula is C13H18BrNO2. The van der Waals surface area contributed by atoms with Crippen LogP contribution in [0.1, 0.15) is 25.5 Å². The maximum absolute atomic E-state index is 5.75. The summed E-state index contributed by atoms with van der Waals surface area (Å²) in [5, 5.41) is 3.39. The Morgan fingerprint density at radius 3 is 2.82 bits per heavy atom. The van der Waals surface area contributed by atoms with Crippen molar-refractivity contribution < 1.29 is 9.47 Å². The van der Waals surface area contributed by atoms with Crippen LogP contribution in [0.15, 0.2) is 22.7 Å². The number of hydrogen-bond donors (Lipinski definition) is 1. The molecule has 0 aliphatic carbocycles. The van der Waals surface area contributed by atoms with Crippen molar-refractivity contribution in [2.45, 2.75) is 26.0 Å². The summed E-state index contributed by atoms with van der Waals surface area (Å²) in [6.07, 6.45) is 0.221. The Labute approximate surface area is 111 Å². The van der Waals surface area contributed by atoms with Gasteiger partial charge in [0, 0.05) is 10.5 Å². The third kappa shape index (κ3) is 3.21. The highest BCUT2D eigenvalue weighted by Gasteiger charge is 2.20. The first-order chi connectivity index (χ1) is 8.20. The third-order valence-electron chi connectivity index (χ3n) is 2.86. The standard InChI is InChI=1S/C13H18BrNO2/c1-3-15-9(2)12-5-4-10(6-13(12)14)17-11-7-16-8-11/h4-6,9,11,15H,3,7-8H2,1-2H3. The maximum atomic E-state index is 5.75. The van der Waals surface area contributed by atoms with Gasteiger partial charge in [-0.25, -0.2) is 0 Å². The Hall–Kier alpha value is -0.580. The van der Waals surface area contributed by atoms with Gasteiger partial charge in [0.15, 0.2) is 0 Å². The van der Waals surface area contributed by atoms with Gasteiger partial charge in [-0.3, -0.25) is 0 Å². The molecule has 0 saturated carbocycles. The number of nitrogens with one attached hydrogen (secondary N) is 1. The summed E-state index contributed by atoms with van der Waals surface area (Å²) >= 11 is 3.60. The Morgan fingerprint density at radius 2 is 2.29 bits per heavy atom. The van der Waals surface area contributed by atoms with Gasteiger partial charge in [0.1, 0.15) is 11.9 Å². The van der Waals surface area contributed by atoms with Crippen molar-refractivity contribution in [3.8, 4) is 5.75 Å². The van der Waals surface area contributed by atoms with Gasteiger partial charge in [0.2, 0.25) is 0 Å². The first kappa shape index (κ1) is 12.9. The van der Waals surface area contributed by atoms with Crippen LogP contribution in [0.4, 0.5) is 0 Å². The predicted octanol–water partition coefficient (Wildman–Crippen LogP) is 2.90. The van der Waals surface area contributed by atoms with Gasteiger partial charge < -0.3 is 14.8 Å². The summed E-state index contributed by atoms with van der Waals surface area (Å²) in [6.45, 7) is 6.63. The quantitative estimate of drug-likeness (QED) is 0.907. The molecule has 0 radical (unpaired) electrons. The molecule has 1 atom stereocenters. The third-order valence-corrected chi connectivity index (χ3v) is 3.55. The predicted molar refractivity (Wildman–Crippen MR) is 71.5 cm³/mol. The largest absolute Gasteiger partial charge is 0.486 e. The number of benzene rings is 1. The van der Waals surface area contributed by atoms with Crippen LogP contribution >= 0.6 is 15.9 Å². The van der Waals surface area contributed by atoms with Gasteiger partial charge in [-0.2, -0.15) is 0 Å². The molecule has 4 heteroatoms. The minimum absolute atomic E-state index is 0.221. The van der Waals surface area contributed by atoms with Crippen LogP contribution in [-0.4, -0.2) is 25.9 Å². The molecule has 1 saturated heterocycles. The van der Waals surface area contributed by atoms with Gasteiger partial charge >= 0.3 is 0 Å². The van der Waals surface area contributed by atoms with Crippen molar-refractivity contribution in [3.63, 3.8) is 0 Å². The van der Waals surface area contributed by atoms with Gasteiger partial charge in [0.25, 0.3) is 0 Å². The van der Waals surface area contributed by atoms with E-state index >= 15 is 0 Å². The second kappa shape index (κ2) is 5.85. The summed E-state index contributed by atoms with van der Waals surface area (Å²) in [4.78, 5) is 0. The Balaban J connectivity index is 2.04. The van der Waals surface area contributed by atoms with E-state index in [1.165, 1.54) is 5.56 Å². The Kier molecular flexibility index (Phi) is 4.42. The smallest absolute Gasteiger partial charge is 0.145 e. The van der Waals surface area contributed by atoms with E-state index in [2.05, 4.69) is 41.2 Å². The van der Waals surface area contributed by atoms with E-state index in [1.807, 2.05) is 12.1 Å². The van der Waals surface area contributed by atoms with Gasteiger partial charge in [0.05, 0.1) is 13.2 Å². The molecule has 0 bridgehead atoms. The molecule has 1 fully saturated rings. The number of halogens is 1. The van der Waals surface area contributed by atoms with Crippen molar-refractivity contribution in [2.24, 2.45) is 0 Å². The molecule has 1 unspecified atom stereocenters. The average molecular weight is 300 g/mol. The minimum atomic E-state index is 0.221. The highest BCUT2D eigenvalue weighted by molar-refractivity contribution is 9.10. The Morgan fingerprint density at radius 1 is 1.53 bits per heavy atom. The summed E-state index contributed by atoms with van der Waals surface area (Å²) in [5.41, 5.74) is 1.25. The zero-order valence-corrected chi connectivity index (χ0v) is 11.8. The van der Waals surface area contributed by atoms with E-state index in [0.29, 0.717) is 19.3 Å². The van der Waals surface area contributed by atoms with Crippen LogP contribution in [0.5, 0.6) is 5.75 Å². The van der Waals surface area contributed by atoms with Crippen molar-refractivity contribution >= 4 is 15.9 Å². The zero-order valence-electron chi connectivity index (χ0n) is 10.2. The molecule has 0 spiro atoms. The zero-order chi connectivity index (χ0) is 12.3. The molecule has 94 valence electrons. The van der Waals surface area contributed by atoms with E-state index < -0.39 is 0 Å². The number of ether oxygens (including phenoxy) is 2. The van der Waals surface area contributed by atoms with Crippen molar-refractivity contribution in [1.82, 2.24) is 5.32 Å². The molecule has 1 aliphatic heterocycles. The second-order valence-electron chi connectivity index (χ2n) is 4.24. The van der Waals surface area contributed by atoms with Crippen LogP contribution in [-0.2, 0) is 4.74 Å². The van der Waals surface area contributed by atoms with Crippen molar-refractivity contribution in [1.29, 1.82) is 0 Å². The van der Waals surface area contributed by atoms with Crippen molar-refractivity contribution in [3.05, 3.63) is 28.2 Å². The van der Waals surface area contributed by atoms with E-state index in [1.54, 1.807) is 0 Å². The Bertz CT molecular complexity index is 380. The molecule has 2 rings (SSSR count). The topological polar surface area (TPSA) is 30.5 Å². The molecule has 17 heavy (non-hydrogen) atoms. The normalized spacial score (nSPS) is 17.6. The molecule has 1 N–H and O–H groups in total. The van der Waals surface area contributed by atoms with Gasteiger partial charge in [-0.05, 0) is 31.2 Å². The average Bonchev–Trinajstić information content (AvgIpc) is 2.24. The first-order valence-electron chi connectivity index (χ1n) is 5.98. The van der Waals surface area contributed by atoms with Gasteiger partial charge in [-0.15, -0.1) is 0 Å². The minimum Gasteiger partial charge on any atom is -0.486 e. The molecule has 1 heterocycles. The number of rotatable bonds is 5. The maximum Gasteiger partial charge on any atom is 0.145 e. The van der Waals surface area contributed by atoms with E-state index in [-0.39, 0.29) is 6.10 Å². The lowest BCUT2D eigenvalue weighted by molar-refractivity contribution is -0.0797.